The van der Waals surface area contributed by atoms with Gasteiger partial charge in [-0.2, -0.15) is 0 Å². The van der Waals surface area contributed by atoms with Crippen LogP contribution in [0.1, 0.15) is 26.3 Å². The smallest absolute Gasteiger partial charge is 0.340 e. The number of para-hydroxylation sites is 1. The highest BCUT2D eigenvalue weighted by molar-refractivity contribution is 5.99. The van der Waals surface area contributed by atoms with E-state index in [0.29, 0.717) is 16.9 Å². The third-order valence-electron chi connectivity index (χ3n) is 3.70. The van der Waals surface area contributed by atoms with Crippen molar-refractivity contribution in [3.05, 3.63) is 59.2 Å². The Hall–Kier alpha value is -3.35. The molecule has 2 aromatic rings. The minimum Gasteiger partial charge on any atom is -0.452 e. The fourth-order valence-corrected chi connectivity index (χ4v) is 2.22. The van der Waals surface area contributed by atoms with Gasteiger partial charge in [-0.15, -0.1) is 0 Å². The Morgan fingerprint density at radius 1 is 1.08 bits per heavy atom. The van der Waals surface area contributed by atoms with Crippen LogP contribution in [0, 0.1) is 6.92 Å². The average Bonchev–Trinajstić information content (AvgIpc) is 2.62. The number of anilines is 2. The summed E-state index contributed by atoms with van der Waals surface area (Å²) in [6.07, 6.45) is 0. The summed E-state index contributed by atoms with van der Waals surface area (Å²) in [5, 5.41) is 2.60. The molecule has 0 bridgehead atoms. The Morgan fingerprint density at radius 2 is 1.73 bits per heavy atom. The van der Waals surface area contributed by atoms with Crippen molar-refractivity contribution in [1.29, 1.82) is 0 Å². The molecular formula is C19H21N3O4. The molecule has 0 aliphatic heterocycles. The number of hydrogen-bond acceptors (Lipinski definition) is 5. The number of amides is 2. The van der Waals surface area contributed by atoms with Gasteiger partial charge >= 0.3 is 5.97 Å². The third-order valence-corrected chi connectivity index (χ3v) is 3.70. The summed E-state index contributed by atoms with van der Waals surface area (Å²) in [7, 11) is 3.32. The van der Waals surface area contributed by atoms with Crippen LogP contribution in [0.4, 0.5) is 11.4 Å². The standard InChI is InChI=1S/C19H21N3O4/c1-12-5-4-6-15(17(12)20)19(25)26-11-16(23)21-14-9-7-13(8-10-14)18(24)22(2)3/h4-10H,11,20H2,1-3H3,(H,21,23). The van der Waals surface area contributed by atoms with Crippen LogP contribution in [-0.4, -0.2) is 43.4 Å². The summed E-state index contributed by atoms with van der Waals surface area (Å²) < 4.78 is 5.00. The molecule has 0 atom stereocenters. The largest absolute Gasteiger partial charge is 0.452 e. The van der Waals surface area contributed by atoms with Crippen LogP contribution < -0.4 is 11.1 Å². The fourth-order valence-electron chi connectivity index (χ4n) is 2.22. The number of hydrogen-bond donors (Lipinski definition) is 2. The molecule has 2 amide bonds. The topological polar surface area (TPSA) is 102 Å². The van der Waals surface area contributed by atoms with Crippen LogP contribution in [-0.2, 0) is 9.53 Å². The van der Waals surface area contributed by atoms with E-state index >= 15 is 0 Å². The van der Waals surface area contributed by atoms with Gasteiger partial charge in [0, 0.05) is 31.0 Å². The van der Waals surface area contributed by atoms with Crippen molar-refractivity contribution in [2.24, 2.45) is 0 Å². The van der Waals surface area contributed by atoms with Gasteiger partial charge in [0.05, 0.1) is 5.56 Å². The Kier molecular flexibility index (Phi) is 5.95. The molecule has 0 spiro atoms. The molecule has 0 aromatic heterocycles. The average molecular weight is 355 g/mol. The van der Waals surface area contributed by atoms with Crippen LogP contribution in [0.3, 0.4) is 0 Å². The van der Waals surface area contributed by atoms with Crippen LogP contribution in [0.5, 0.6) is 0 Å². The zero-order valence-corrected chi connectivity index (χ0v) is 14.9. The minimum absolute atomic E-state index is 0.132. The molecule has 7 nitrogen and oxygen atoms in total. The number of ether oxygens (including phenoxy) is 1. The number of aryl methyl sites for hydroxylation is 1. The van der Waals surface area contributed by atoms with E-state index in [2.05, 4.69) is 5.32 Å². The van der Waals surface area contributed by atoms with Gasteiger partial charge in [-0.3, -0.25) is 9.59 Å². The second kappa shape index (κ2) is 8.15. The summed E-state index contributed by atoms with van der Waals surface area (Å²) in [4.78, 5) is 37.2. The lowest BCUT2D eigenvalue weighted by atomic mass is 10.1. The predicted molar refractivity (Wildman–Crippen MR) is 99.0 cm³/mol. The zero-order chi connectivity index (χ0) is 19.3. The molecule has 0 unspecified atom stereocenters. The first-order valence-electron chi connectivity index (χ1n) is 7.93. The normalized spacial score (nSPS) is 10.1. The zero-order valence-electron chi connectivity index (χ0n) is 14.9. The summed E-state index contributed by atoms with van der Waals surface area (Å²) in [5.41, 5.74) is 8.17. The second-order valence-corrected chi connectivity index (χ2v) is 5.94. The molecular weight excluding hydrogens is 334 g/mol. The highest BCUT2D eigenvalue weighted by Crippen LogP contribution is 2.17. The van der Waals surface area contributed by atoms with Crippen LogP contribution in [0.25, 0.3) is 0 Å². The van der Waals surface area contributed by atoms with Crippen molar-refractivity contribution in [3.63, 3.8) is 0 Å². The highest BCUT2D eigenvalue weighted by atomic mass is 16.5. The van der Waals surface area contributed by atoms with Crippen LogP contribution >= 0.6 is 0 Å². The van der Waals surface area contributed by atoms with E-state index in [1.54, 1.807) is 63.5 Å². The van der Waals surface area contributed by atoms with Gasteiger partial charge in [-0.25, -0.2) is 4.79 Å². The first kappa shape index (κ1) is 19.0. The summed E-state index contributed by atoms with van der Waals surface area (Å²) in [6, 6.07) is 11.4. The molecule has 2 aromatic carbocycles. The Labute approximate surface area is 151 Å². The Bertz CT molecular complexity index is 829. The van der Waals surface area contributed by atoms with E-state index < -0.39 is 18.5 Å². The van der Waals surface area contributed by atoms with Crippen molar-refractivity contribution < 1.29 is 19.1 Å². The quantitative estimate of drug-likeness (QED) is 0.631. The lowest BCUT2D eigenvalue weighted by molar-refractivity contribution is -0.119. The second-order valence-electron chi connectivity index (χ2n) is 5.94. The summed E-state index contributed by atoms with van der Waals surface area (Å²) in [6.45, 7) is 1.34. The van der Waals surface area contributed by atoms with E-state index in [1.165, 1.54) is 4.90 Å². The molecule has 26 heavy (non-hydrogen) atoms. The number of nitrogen functional groups attached to an aromatic ring is 1. The first-order valence-corrected chi connectivity index (χ1v) is 7.93. The molecule has 0 aliphatic carbocycles. The molecule has 136 valence electrons. The van der Waals surface area contributed by atoms with Gasteiger partial charge in [0.25, 0.3) is 11.8 Å². The number of carbonyl (C=O) groups is 3. The van der Waals surface area contributed by atoms with Crippen molar-refractivity contribution >= 4 is 29.2 Å². The van der Waals surface area contributed by atoms with Gasteiger partial charge in [0.2, 0.25) is 0 Å². The Balaban J connectivity index is 1.91. The van der Waals surface area contributed by atoms with Crippen LogP contribution in [0.15, 0.2) is 42.5 Å². The third kappa shape index (κ3) is 4.60. The fraction of sp³-hybridized carbons (Fsp3) is 0.211. The van der Waals surface area contributed by atoms with Crippen molar-refractivity contribution in [2.75, 3.05) is 31.8 Å². The van der Waals surface area contributed by atoms with Crippen molar-refractivity contribution in [1.82, 2.24) is 4.90 Å². The van der Waals surface area contributed by atoms with E-state index in [-0.39, 0.29) is 11.5 Å². The van der Waals surface area contributed by atoms with E-state index in [0.717, 1.165) is 5.56 Å². The number of nitrogens with two attached hydrogens (primary N) is 1. The molecule has 2 rings (SSSR count). The maximum atomic E-state index is 12.0. The maximum absolute atomic E-state index is 12.0. The van der Waals surface area contributed by atoms with E-state index in [1.807, 2.05) is 0 Å². The van der Waals surface area contributed by atoms with Gasteiger partial charge in [-0.05, 0) is 42.8 Å². The number of esters is 1. The molecule has 3 N–H and O–H groups in total. The first-order chi connectivity index (χ1) is 12.3. The molecule has 0 saturated carbocycles. The summed E-state index contributed by atoms with van der Waals surface area (Å²) >= 11 is 0. The molecule has 0 heterocycles. The number of nitrogens with zero attached hydrogens (tertiary/aromatic N) is 1. The van der Waals surface area contributed by atoms with Gasteiger partial charge in [-0.1, -0.05) is 12.1 Å². The monoisotopic (exact) mass is 355 g/mol. The van der Waals surface area contributed by atoms with E-state index in [4.69, 9.17) is 10.5 Å². The lowest BCUT2D eigenvalue weighted by Crippen LogP contribution is -2.22. The molecule has 0 saturated heterocycles. The number of rotatable bonds is 5. The maximum Gasteiger partial charge on any atom is 0.340 e. The summed E-state index contributed by atoms with van der Waals surface area (Å²) in [5.74, 6) is -1.28. The van der Waals surface area contributed by atoms with Crippen molar-refractivity contribution in [3.8, 4) is 0 Å². The predicted octanol–water partition coefficient (Wildman–Crippen LogP) is 2.07. The minimum atomic E-state index is -0.659. The van der Waals surface area contributed by atoms with Crippen LogP contribution in [0.2, 0.25) is 0 Å². The highest BCUT2D eigenvalue weighted by Gasteiger charge is 2.14. The molecule has 0 radical (unpaired) electrons. The van der Waals surface area contributed by atoms with Gasteiger partial charge in [0.15, 0.2) is 6.61 Å². The Morgan fingerprint density at radius 3 is 2.35 bits per heavy atom. The molecule has 0 fully saturated rings. The molecule has 0 aliphatic rings. The number of nitrogens with one attached hydrogen (secondary N) is 1. The number of carbonyl (C=O) groups excluding carboxylic acids is 3. The number of benzene rings is 2. The van der Waals surface area contributed by atoms with Crippen molar-refractivity contribution in [2.45, 2.75) is 6.92 Å². The molecule has 7 heteroatoms. The van der Waals surface area contributed by atoms with Gasteiger partial charge in [0.1, 0.15) is 0 Å². The lowest BCUT2D eigenvalue weighted by Gasteiger charge is -2.11. The van der Waals surface area contributed by atoms with Gasteiger partial charge < -0.3 is 20.7 Å². The van der Waals surface area contributed by atoms with E-state index in [9.17, 15) is 14.4 Å². The SMILES string of the molecule is Cc1cccc(C(=O)OCC(=O)Nc2ccc(C(=O)N(C)C)cc2)c1N.